The van der Waals surface area contributed by atoms with E-state index in [1.807, 2.05) is 32.0 Å². The van der Waals surface area contributed by atoms with Gasteiger partial charge in [-0.3, -0.25) is 14.5 Å². The second kappa shape index (κ2) is 10.8. The lowest BCUT2D eigenvalue weighted by Gasteiger charge is -2.30. The predicted octanol–water partition coefficient (Wildman–Crippen LogP) is 4.95. The summed E-state index contributed by atoms with van der Waals surface area (Å²) in [5.41, 5.74) is 4.57. The Morgan fingerprint density at radius 2 is 1.85 bits per heavy atom. The summed E-state index contributed by atoms with van der Waals surface area (Å²) < 4.78 is 22.5. The van der Waals surface area contributed by atoms with Crippen LogP contribution in [0, 0.1) is 19.7 Å². The third kappa shape index (κ3) is 5.34. The first-order chi connectivity index (χ1) is 18.6. The van der Waals surface area contributed by atoms with Crippen molar-refractivity contribution >= 4 is 29.4 Å². The van der Waals surface area contributed by atoms with Crippen LogP contribution in [0.1, 0.15) is 54.0 Å². The maximum absolute atomic E-state index is 15.3. The van der Waals surface area contributed by atoms with E-state index in [2.05, 4.69) is 26.8 Å². The zero-order valence-corrected chi connectivity index (χ0v) is 24.0. The molecule has 3 aromatic rings. The Morgan fingerprint density at radius 1 is 1.13 bits per heavy atom. The standard InChI is InChI=1S/C30H35FN4O3S/c1-19-10-11-23(20(2)16-19)35-29-26(28(32-35)30(3,4)5)27(21-8-6-7-9-22(21)31)39-18-25(37)34(29)17-24(36)33-12-14-38-15-13-33/h6-11,16,27H,12-15,17-18H2,1-5H3/t27-/m1/s1. The third-order valence-corrected chi connectivity index (χ3v) is 8.46. The van der Waals surface area contributed by atoms with E-state index in [0.29, 0.717) is 37.7 Å². The van der Waals surface area contributed by atoms with Gasteiger partial charge in [0.25, 0.3) is 0 Å². The van der Waals surface area contributed by atoms with Gasteiger partial charge in [0.05, 0.1) is 35.6 Å². The van der Waals surface area contributed by atoms with Crippen molar-refractivity contribution in [3.8, 4) is 5.69 Å². The molecule has 39 heavy (non-hydrogen) atoms. The number of carbonyl (C=O) groups excluding carboxylic acids is 2. The normalized spacial score (nSPS) is 18.2. The number of carbonyl (C=O) groups is 2. The largest absolute Gasteiger partial charge is 0.378 e. The minimum Gasteiger partial charge on any atom is -0.378 e. The number of hydrogen-bond acceptors (Lipinski definition) is 5. The third-order valence-electron chi connectivity index (χ3n) is 7.22. The quantitative estimate of drug-likeness (QED) is 0.460. The Labute approximate surface area is 233 Å². The van der Waals surface area contributed by atoms with Crippen molar-refractivity contribution in [3.05, 3.63) is 76.2 Å². The Kier molecular flexibility index (Phi) is 7.57. The zero-order valence-electron chi connectivity index (χ0n) is 23.2. The van der Waals surface area contributed by atoms with Gasteiger partial charge in [-0.05, 0) is 31.5 Å². The number of fused-ring (bicyclic) bond motifs is 1. The predicted molar refractivity (Wildman–Crippen MR) is 152 cm³/mol. The van der Waals surface area contributed by atoms with Crippen LogP contribution in [0.3, 0.4) is 0 Å². The molecule has 3 heterocycles. The number of nitrogens with zero attached hydrogens (tertiary/aromatic N) is 4. The number of hydrogen-bond donors (Lipinski definition) is 0. The van der Waals surface area contributed by atoms with E-state index >= 15 is 4.39 Å². The fourth-order valence-corrected chi connectivity index (χ4v) is 6.48. The highest BCUT2D eigenvalue weighted by Gasteiger charge is 2.41. The van der Waals surface area contributed by atoms with Gasteiger partial charge in [-0.2, -0.15) is 5.10 Å². The molecule has 2 amide bonds. The number of benzene rings is 2. The topological polar surface area (TPSA) is 67.7 Å². The molecule has 0 radical (unpaired) electrons. The van der Waals surface area contributed by atoms with Crippen LogP contribution in [-0.2, 0) is 19.7 Å². The Bertz CT molecular complexity index is 1410. The van der Waals surface area contributed by atoms with E-state index in [9.17, 15) is 9.59 Å². The average molecular weight is 551 g/mol. The van der Waals surface area contributed by atoms with Crippen molar-refractivity contribution in [1.29, 1.82) is 0 Å². The smallest absolute Gasteiger partial charge is 0.242 e. The second-order valence-corrected chi connectivity index (χ2v) is 12.3. The van der Waals surface area contributed by atoms with Crippen LogP contribution in [0.25, 0.3) is 5.69 Å². The summed E-state index contributed by atoms with van der Waals surface area (Å²) in [4.78, 5) is 30.6. The van der Waals surface area contributed by atoms with Gasteiger partial charge in [0.1, 0.15) is 18.2 Å². The Morgan fingerprint density at radius 3 is 2.51 bits per heavy atom. The van der Waals surface area contributed by atoms with E-state index in [-0.39, 0.29) is 29.9 Å². The minimum atomic E-state index is -0.470. The highest BCUT2D eigenvalue weighted by molar-refractivity contribution is 8.00. The van der Waals surface area contributed by atoms with Gasteiger partial charge in [-0.15, -0.1) is 11.8 Å². The van der Waals surface area contributed by atoms with Crippen LogP contribution in [0.15, 0.2) is 42.5 Å². The molecular formula is C30H35FN4O3S. The molecule has 0 N–H and O–H groups in total. The molecule has 1 atom stereocenters. The van der Waals surface area contributed by atoms with E-state index in [0.717, 1.165) is 28.1 Å². The average Bonchev–Trinajstić information content (AvgIpc) is 3.23. The second-order valence-electron chi connectivity index (χ2n) is 11.2. The number of aromatic nitrogens is 2. The first-order valence-corrected chi connectivity index (χ1v) is 14.3. The van der Waals surface area contributed by atoms with Crippen molar-refractivity contribution in [2.75, 3.05) is 43.5 Å². The van der Waals surface area contributed by atoms with Crippen LogP contribution in [0.4, 0.5) is 10.2 Å². The summed E-state index contributed by atoms with van der Waals surface area (Å²) in [6.07, 6.45) is 0. The fraction of sp³-hybridized carbons (Fsp3) is 0.433. The maximum Gasteiger partial charge on any atom is 0.242 e. The van der Waals surface area contributed by atoms with E-state index in [1.54, 1.807) is 26.6 Å². The molecule has 5 rings (SSSR count). The number of thioether (sulfide) groups is 1. The summed E-state index contributed by atoms with van der Waals surface area (Å²) in [7, 11) is 0. The first-order valence-electron chi connectivity index (χ1n) is 13.3. The van der Waals surface area contributed by atoms with Crippen molar-refractivity contribution in [2.24, 2.45) is 0 Å². The molecule has 206 valence electrons. The van der Waals surface area contributed by atoms with Crippen LogP contribution in [0.5, 0.6) is 0 Å². The molecule has 0 aliphatic carbocycles. The Balaban J connectivity index is 1.76. The number of rotatable bonds is 4. The number of ether oxygens (including phenoxy) is 1. The molecule has 2 aliphatic heterocycles. The number of anilines is 1. The molecule has 1 fully saturated rings. The zero-order chi connectivity index (χ0) is 27.9. The molecule has 0 unspecified atom stereocenters. The molecule has 0 saturated carbocycles. The lowest BCUT2D eigenvalue weighted by Crippen LogP contribution is -2.48. The summed E-state index contributed by atoms with van der Waals surface area (Å²) in [6.45, 7) is 12.1. The van der Waals surface area contributed by atoms with E-state index in [1.165, 1.54) is 17.8 Å². The van der Waals surface area contributed by atoms with Crippen molar-refractivity contribution < 1.29 is 18.7 Å². The minimum absolute atomic E-state index is 0.112. The van der Waals surface area contributed by atoms with E-state index in [4.69, 9.17) is 9.84 Å². The molecule has 9 heteroatoms. The van der Waals surface area contributed by atoms with Gasteiger partial charge >= 0.3 is 0 Å². The van der Waals surface area contributed by atoms with Gasteiger partial charge in [0.15, 0.2) is 0 Å². The summed E-state index contributed by atoms with van der Waals surface area (Å²) in [5.74, 6) is -0.0200. The summed E-state index contributed by atoms with van der Waals surface area (Å²) >= 11 is 1.38. The van der Waals surface area contributed by atoms with Crippen molar-refractivity contribution in [3.63, 3.8) is 0 Å². The number of amides is 2. The highest BCUT2D eigenvalue weighted by Crippen LogP contribution is 2.49. The van der Waals surface area contributed by atoms with Crippen LogP contribution < -0.4 is 4.90 Å². The number of aryl methyl sites for hydroxylation is 2. The highest BCUT2D eigenvalue weighted by atomic mass is 32.2. The number of halogens is 1. The SMILES string of the molecule is Cc1ccc(-n2nc(C(C)(C)C)c3c2N(CC(=O)N2CCOCC2)C(=O)CS[C@@H]3c2ccccc2F)c(C)c1. The van der Waals surface area contributed by atoms with Gasteiger partial charge in [0.2, 0.25) is 11.8 Å². The van der Waals surface area contributed by atoms with Gasteiger partial charge < -0.3 is 9.64 Å². The van der Waals surface area contributed by atoms with Crippen molar-refractivity contribution in [2.45, 2.75) is 45.3 Å². The van der Waals surface area contributed by atoms with E-state index < -0.39 is 10.7 Å². The molecule has 0 spiro atoms. The lowest BCUT2D eigenvalue weighted by atomic mass is 9.87. The van der Waals surface area contributed by atoms with Crippen LogP contribution in [-0.4, -0.2) is 65.1 Å². The lowest BCUT2D eigenvalue weighted by molar-refractivity contribution is -0.134. The summed E-state index contributed by atoms with van der Waals surface area (Å²) in [5, 5.41) is 4.65. The van der Waals surface area contributed by atoms with Gasteiger partial charge in [-0.25, -0.2) is 9.07 Å². The maximum atomic E-state index is 15.3. The molecule has 0 bridgehead atoms. The first kappa shape index (κ1) is 27.4. The fourth-order valence-electron chi connectivity index (χ4n) is 5.27. The molecule has 7 nitrogen and oxygen atoms in total. The van der Waals surface area contributed by atoms with Crippen LogP contribution in [0.2, 0.25) is 0 Å². The number of morpholine rings is 1. The molecule has 2 aromatic carbocycles. The van der Waals surface area contributed by atoms with Crippen molar-refractivity contribution in [1.82, 2.24) is 14.7 Å². The van der Waals surface area contributed by atoms with Crippen LogP contribution >= 0.6 is 11.8 Å². The molecule has 1 aromatic heterocycles. The van der Waals surface area contributed by atoms with Gasteiger partial charge in [-0.1, -0.05) is 56.7 Å². The Hall–Kier alpha value is -3.17. The molecule has 2 aliphatic rings. The van der Waals surface area contributed by atoms with Gasteiger partial charge in [0, 0.05) is 29.6 Å². The summed E-state index contributed by atoms with van der Waals surface area (Å²) in [6, 6.07) is 12.8. The molecule has 1 saturated heterocycles. The monoisotopic (exact) mass is 550 g/mol. The molecular weight excluding hydrogens is 515 g/mol.